The summed E-state index contributed by atoms with van der Waals surface area (Å²) < 4.78 is 5.08. The zero-order valence-electron chi connectivity index (χ0n) is 13.4. The molecule has 0 atom stereocenters. The summed E-state index contributed by atoms with van der Waals surface area (Å²) in [5.74, 6) is -0.358. The maximum atomic E-state index is 12.4. The van der Waals surface area contributed by atoms with Crippen LogP contribution in [0.2, 0.25) is 0 Å². The predicted molar refractivity (Wildman–Crippen MR) is 90.3 cm³/mol. The molecule has 2 aromatic rings. The van der Waals surface area contributed by atoms with Gasteiger partial charge in [-0.15, -0.1) is 0 Å². The van der Waals surface area contributed by atoms with Crippen LogP contribution >= 0.6 is 0 Å². The molecule has 2 amide bonds. The van der Waals surface area contributed by atoms with Crippen LogP contribution in [0.4, 0.5) is 0 Å². The Kier molecular flexibility index (Phi) is 4.29. The average Bonchev–Trinajstić information content (AvgIpc) is 2.61. The molecule has 1 aliphatic heterocycles. The second kappa shape index (κ2) is 6.54. The molecule has 6 nitrogen and oxygen atoms in total. The molecule has 122 valence electrons. The lowest BCUT2D eigenvalue weighted by Crippen LogP contribution is -2.31. The maximum absolute atomic E-state index is 12.4. The Labute approximate surface area is 139 Å². The van der Waals surface area contributed by atoms with Crippen LogP contribution in [0.5, 0.6) is 5.75 Å². The van der Waals surface area contributed by atoms with E-state index in [0.717, 1.165) is 16.8 Å². The second-order valence-corrected chi connectivity index (χ2v) is 5.42. The highest BCUT2D eigenvalue weighted by Crippen LogP contribution is 2.17. The molecule has 24 heavy (non-hydrogen) atoms. The van der Waals surface area contributed by atoms with Crippen LogP contribution in [0, 0.1) is 0 Å². The van der Waals surface area contributed by atoms with E-state index in [1.807, 2.05) is 13.0 Å². The SMILES string of the molecule is COc1cccc(C(=O)NC(=O)c2ccc3c(c2)C(C)=NNC3)c1. The summed E-state index contributed by atoms with van der Waals surface area (Å²) in [7, 11) is 1.52. The Morgan fingerprint density at radius 1 is 1.12 bits per heavy atom. The number of hydrogen-bond acceptors (Lipinski definition) is 5. The van der Waals surface area contributed by atoms with E-state index >= 15 is 0 Å². The van der Waals surface area contributed by atoms with Crippen molar-refractivity contribution in [1.82, 2.24) is 10.7 Å². The fourth-order valence-electron chi connectivity index (χ4n) is 2.52. The Balaban J connectivity index is 1.79. The Bertz CT molecular complexity index is 843. The first-order chi connectivity index (χ1) is 11.6. The number of hydrazone groups is 1. The van der Waals surface area contributed by atoms with Crippen LogP contribution in [0.15, 0.2) is 47.6 Å². The number of nitrogens with one attached hydrogen (secondary N) is 2. The summed E-state index contributed by atoms with van der Waals surface area (Å²) in [6.07, 6.45) is 0. The van der Waals surface area contributed by atoms with E-state index in [1.54, 1.807) is 36.4 Å². The van der Waals surface area contributed by atoms with Crippen molar-refractivity contribution in [2.75, 3.05) is 7.11 Å². The van der Waals surface area contributed by atoms with E-state index in [2.05, 4.69) is 15.8 Å². The first-order valence-corrected chi connectivity index (χ1v) is 7.48. The van der Waals surface area contributed by atoms with Gasteiger partial charge in [0.05, 0.1) is 19.4 Å². The molecule has 0 aliphatic carbocycles. The number of imide groups is 1. The van der Waals surface area contributed by atoms with Gasteiger partial charge in [0.15, 0.2) is 0 Å². The number of carbonyl (C=O) groups excluding carboxylic acids is 2. The third-order valence-electron chi connectivity index (χ3n) is 3.84. The summed E-state index contributed by atoms with van der Waals surface area (Å²) in [4.78, 5) is 24.6. The van der Waals surface area contributed by atoms with Crippen molar-refractivity contribution >= 4 is 17.5 Å². The minimum atomic E-state index is -0.469. The van der Waals surface area contributed by atoms with Gasteiger partial charge >= 0.3 is 0 Å². The molecule has 1 aliphatic rings. The number of ether oxygens (including phenoxy) is 1. The van der Waals surface area contributed by atoms with Gasteiger partial charge in [0.25, 0.3) is 11.8 Å². The number of rotatable bonds is 3. The van der Waals surface area contributed by atoms with Crippen molar-refractivity contribution in [3.8, 4) is 5.75 Å². The fourth-order valence-corrected chi connectivity index (χ4v) is 2.52. The number of carbonyl (C=O) groups is 2. The summed E-state index contributed by atoms with van der Waals surface area (Å²) >= 11 is 0. The monoisotopic (exact) mass is 323 g/mol. The smallest absolute Gasteiger partial charge is 0.258 e. The lowest BCUT2D eigenvalue weighted by Gasteiger charge is -2.16. The van der Waals surface area contributed by atoms with Gasteiger partial charge < -0.3 is 10.2 Å². The van der Waals surface area contributed by atoms with E-state index in [4.69, 9.17) is 4.74 Å². The predicted octanol–water partition coefficient (Wildman–Crippen LogP) is 2.09. The summed E-state index contributed by atoms with van der Waals surface area (Å²) in [5, 5.41) is 6.55. The molecule has 6 heteroatoms. The van der Waals surface area contributed by atoms with Crippen LogP contribution in [-0.4, -0.2) is 24.6 Å². The maximum Gasteiger partial charge on any atom is 0.258 e. The second-order valence-electron chi connectivity index (χ2n) is 5.42. The van der Waals surface area contributed by atoms with E-state index < -0.39 is 11.8 Å². The molecule has 2 N–H and O–H groups in total. The Morgan fingerprint density at radius 3 is 2.62 bits per heavy atom. The quantitative estimate of drug-likeness (QED) is 0.848. The van der Waals surface area contributed by atoms with Crippen LogP contribution < -0.4 is 15.5 Å². The van der Waals surface area contributed by atoms with E-state index in [0.29, 0.717) is 23.4 Å². The summed E-state index contributed by atoms with van der Waals surface area (Å²) in [6, 6.07) is 12.0. The number of nitrogens with zero attached hydrogens (tertiary/aromatic N) is 1. The molecule has 3 rings (SSSR count). The molecule has 0 spiro atoms. The standard InChI is InChI=1S/C18H17N3O3/c1-11-16-9-13(6-7-14(16)10-19-21-11)18(23)20-17(22)12-4-3-5-15(8-12)24-2/h3-9,19H,10H2,1-2H3,(H,20,22,23). The minimum Gasteiger partial charge on any atom is -0.497 e. The van der Waals surface area contributed by atoms with E-state index in [1.165, 1.54) is 7.11 Å². The molecular formula is C18H17N3O3. The molecule has 0 aromatic heterocycles. The first kappa shape index (κ1) is 15.7. The Hall–Kier alpha value is -3.15. The van der Waals surface area contributed by atoms with Gasteiger partial charge in [-0.25, -0.2) is 0 Å². The number of methoxy groups -OCH3 is 1. The van der Waals surface area contributed by atoms with E-state index in [-0.39, 0.29) is 0 Å². The number of amides is 2. The molecule has 0 saturated heterocycles. The van der Waals surface area contributed by atoms with Gasteiger partial charge in [0.1, 0.15) is 5.75 Å². The van der Waals surface area contributed by atoms with Gasteiger partial charge in [-0.1, -0.05) is 12.1 Å². The summed E-state index contributed by atoms with van der Waals surface area (Å²) in [6.45, 7) is 2.49. The van der Waals surface area contributed by atoms with Gasteiger partial charge in [0, 0.05) is 16.7 Å². The number of hydrogen-bond donors (Lipinski definition) is 2. The van der Waals surface area contributed by atoms with E-state index in [9.17, 15) is 9.59 Å². The van der Waals surface area contributed by atoms with Crippen molar-refractivity contribution in [2.45, 2.75) is 13.5 Å². The lowest BCUT2D eigenvalue weighted by atomic mass is 9.99. The molecule has 2 aromatic carbocycles. The van der Waals surface area contributed by atoms with Crippen LogP contribution in [0.25, 0.3) is 0 Å². The van der Waals surface area contributed by atoms with Crippen molar-refractivity contribution in [3.63, 3.8) is 0 Å². The molecular weight excluding hydrogens is 306 g/mol. The highest BCUT2D eigenvalue weighted by atomic mass is 16.5. The van der Waals surface area contributed by atoms with Gasteiger partial charge in [-0.3, -0.25) is 14.9 Å². The topological polar surface area (TPSA) is 79.8 Å². The molecule has 0 bridgehead atoms. The van der Waals surface area contributed by atoms with Crippen molar-refractivity contribution in [2.24, 2.45) is 5.10 Å². The zero-order valence-corrected chi connectivity index (χ0v) is 13.4. The number of benzene rings is 2. The fraction of sp³-hybridized carbons (Fsp3) is 0.167. The molecule has 1 heterocycles. The van der Waals surface area contributed by atoms with Gasteiger partial charge in [-0.05, 0) is 42.8 Å². The normalized spacial score (nSPS) is 12.5. The van der Waals surface area contributed by atoms with Gasteiger partial charge in [-0.2, -0.15) is 5.10 Å². The lowest BCUT2D eigenvalue weighted by molar-refractivity contribution is 0.0849. The molecule has 0 unspecified atom stereocenters. The zero-order chi connectivity index (χ0) is 17.1. The molecule has 0 saturated carbocycles. The summed E-state index contributed by atoms with van der Waals surface area (Å²) in [5.41, 5.74) is 6.50. The third-order valence-corrected chi connectivity index (χ3v) is 3.84. The third kappa shape index (κ3) is 3.12. The first-order valence-electron chi connectivity index (χ1n) is 7.48. The molecule has 0 radical (unpaired) electrons. The highest BCUT2D eigenvalue weighted by Gasteiger charge is 2.16. The highest BCUT2D eigenvalue weighted by molar-refractivity contribution is 6.11. The molecule has 0 fully saturated rings. The number of fused-ring (bicyclic) bond motifs is 1. The Morgan fingerprint density at radius 2 is 1.88 bits per heavy atom. The van der Waals surface area contributed by atoms with Crippen LogP contribution in [0.3, 0.4) is 0 Å². The van der Waals surface area contributed by atoms with Crippen molar-refractivity contribution < 1.29 is 14.3 Å². The van der Waals surface area contributed by atoms with Crippen LogP contribution in [0.1, 0.15) is 38.8 Å². The van der Waals surface area contributed by atoms with Crippen LogP contribution in [-0.2, 0) is 6.54 Å². The van der Waals surface area contributed by atoms with Crippen molar-refractivity contribution in [1.29, 1.82) is 0 Å². The largest absolute Gasteiger partial charge is 0.497 e. The average molecular weight is 323 g/mol. The van der Waals surface area contributed by atoms with Gasteiger partial charge in [0.2, 0.25) is 0 Å². The minimum absolute atomic E-state index is 0.364. The van der Waals surface area contributed by atoms with Crippen molar-refractivity contribution in [3.05, 3.63) is 64.7 Å².